The molecule has 2 rings (SSSR count). The molecule has 0 aliphatic carbocycles. The van der Waals surface area contributed by atoms with Crippen LogP contribution in [0.4, 0.5) is 4.79 Å². The first-order valence-corrected chi connectivity index (χ1v) is 4.05. The number of nitrogens with one attached hydrogen (secondary N) is 1. The fraction of sp³-hybridized carbons (Fsp3) is 0.857. The van der Waals surface area contributed by atoms with Gasteiger partial charge in [-0.2, -0.15) is 0 Å². The number of carbonyl (C=O) groups excluding carboxylic acids is 1. The maximum atomic E-state index is 10.7. The van der Waals surface area contributed by atoms with Crippen LogP contribution in [0.3, 0.4) is 0 Å². The van der Waals surface area contributed by atoms with Crippen molar-refractivity contribution in [1.29, 1.82) is 0 Å². The summed E-state index contributed by atoms with van der Waals surface area (Å²) < 4.78 is 0. The third-order valence-corrected chi connectivity index (χ3v) is 2.59. The van der Waals surface area contributed by atoms with Crippen LogP contribution in [0.15, 0.2) is 0 Å². The Labute approximate surface area is 94.3 Å². The monoisotopic (exact) mass is 177 g/mol. The molecule has 0 spiro atoms. The molecule has 2 amide bonds. The van der Waals surface area contributed by atoms with E-state index in [0.717, 1.165) is 32.0 Å². The molecule has 2 unspecified atom stereocenters. The van der Waals surface area contributed by atoms with Crippen molar-refractivity contribution < 1.29 is 34.4 Å². The van der Waals surface area contributed by atoms with E-state index in [-0.39, 0.29) is 29.6 Å². The Morgan fingerprint density at radius 3 is 2.67 bits per heavy atom. The molecule has 2 atom stereocenters. The van der Waals surface area contributed by atoms with Gasteiger partial charge >= 0.3 is 29.6 Å². The number of carbonyl (C=O) groups is 1. The Morgan fingerprint density at radius 1 is 1.33 bits per heavy atom. The Morgan fingerprint density at radius 2 is 2.00 bits per heavy atom. The van der Waals surface area contributed by atoms with E-state index in [1.165, 1.54) is 6.42 Å². The molecule has 1 N–H and O–H groups in total. The minimum atomic E-state index is -0.551. The van der Waals surface area contributed by atoms with Crippen molar-refractivity contribution in [1.82, 2.24) is 10.0 Å². The summed E-state index contributed by atoms with van der Waals surface area (Å²) >= 11 is 0. The molecule has 5 heteroatoms. The molecule has 2 fully saturated rings. The van der Waals surface area contributed by atoms with Crippen LogP contribution >= 0.6 is 0 Å². The van der Waals surface area contributed by atoms with Crippen LogP contribution in [0.5, 0.6) is 0 Å². The van der Waals surface area contributed by atoms with Crippen LogP contribution in [-0.2, 0) is 0 Å². The predicted molar refractivity (Wildman–Crippen MR) is 40.7 cm³/mol. The van der Waals surface area contributed by atoms with E-state index in [9.17, 15) is 4.79 Å². The molecule has 0 aromatic carbocycles. The van der Waals surface area contributed by atoms with E-state index in [2.05, 4.69) is 0 Å². The molecule has 2 saturated heterocycles. The molecule has 2 aliphatic heterocycles. The first-order chi connectivity index (χ1) is 5.27. The van der Waals surface area contributed by atoms with Crippen molar-refractivity contribution in [3.63, 3.8) is 0 Å². The Kier molecular flexibility index (Phi) is 3.40. The molecular formula is C7H12N3NaO. The Bertz CT molecular complexity index is 187. The Hall–Kier alpha value is 0.230. The first-order valence-electron chi connectivity index (χ1n) is 4.05. The second-order valence-corrected chi connectivity index (χ2v) is 3.28. The molecular weight excluding hydrogens is 165 g/mol. The minimum absolute atomic E-state index is 0. The Balaban J connectivity index is 0.000000720. The van der Waals surface area contributed by atoms with Gasteiger partial charge in [-0.1, -0.05) is 0 Å². The third-order valence-electron chi connectivity index (χ3n) is 2.59. The molecule has 62 valence electrons. The SMILES string of the molecule is [NH-]C(=O)N1CCC2CCN1C2.[Na+]. The predicted octanol–water partition coefficient (Wildman–Crippen LogP) is -1.89. The quantitative estimate of drug-likeness (QED) is 0.406. The number of hydrogen-bond donors (Lipinski definition) is 0. The maximum Gasteiger partial charge on any atom is 1.00 e. The van der Waals surface area contributed by atoms with Crippen LogP contribution < -0.4 is 29.6 Å². The van der Waals surface area contributed by atoms with Gasteiger partial charge < -0.3 is 10.7 Å². The van der Waals surface area contributed by atoms with Crippen LogP contribution in [0, 0.1) is 5.92 Å². The summed E-state index contributed by atoms with van der Waals surface area (Å²) in [6.45, 7) is 2.72. The zero-order valence-corrected chi connectivity index (χ0v) is 9.42. The molecule has 2 bridgehead atoms. The third kappa shape index (κ3) is 1.76. The molecule has 2 aliphatic rings. The van der Waals surface area contributed by atoms with Crippen LogP contribution in [-0.4, -0.2) is 35.7 Å². The van der Waals surface area contributed by atoms with E-state index >= 15 is 0 Å². The van der Waals surface area contributed by atoms with Crippen molar-refractivity contribution in [2.45, 2.75) is 12.8 Å². The largest absolute Gasteiger partial charge is 1.00 e. The van der Waals surface area contributed by atoms with Crippen LogP contribution in [0.25, 0.3) is 5.73 Å². The topological polar surface area (TPSA) is 47.4 Å². The van der Waals surface area contributed by atoms with Crippen molar-refractivity contribution in [2.24, 2.45) is 5.92 Å². The second kappa shape index (κ2) is 3.96. The number of urea groups is 1. The maximum absolute atomic E-state index is 10.7. The van der Waals surface area contributed by atoms with E-state index in [1.54, 1.807) is 5.01 Å². The van der Waals surface area contributed by atoms with Crippen molar-refractivity contribution in [2.75, 3.05) is 19.6 Å². The summed E-state index contributed by atoms with van der Waals surface area (Å²) in [6, 6.07) is -0.551. The zero-order chi connectivity index (χ0) is 7.84. The normalized spacial score (nSPS) is 32.8. The molecule has 12 heavy (non-hydrogen) atoms. The molecule has 0 radical (unpaired) electrons. The number of rotatable bonds is 0. The van der Waals surface area contributed by atoms with E-state index in [0.29, 0.717) is 0 Å². The van der Waals surface area contributed by atoms with Gasteiger partial charge in [-0.25, -0.2) is 0 Å². The number of nitrogens with zero attached hydrogens (tertiary/aromatic N) is 2. The number of hydrazine groups is 1. The number of hydrogen-bond acceptors (Lipinski definition) is 2. The molecule has 0 aromatic rings. The van der Waals surface area contributed by atoms with E-state index < -0.39 is 6.03 Å². The van der Waals surface area contributed by atoms with Gasteiger partial charge in [0.25, 0.3) is 0 Å². The average Bonchev–Trinajstić information content (AvgIpc) is 2.32. The number of fused-ring (bicyclic) bond motifs is 2. The summed E-state index contributed by atoms with van der Waals surface area (Å²) in [4.78, 5) is 10.7. The van der Waals surface area contributed by atoms with E-state index in [4.69, 9.17) is 5.73 Å². The summed E-state index contributed by atoms with van der Waals surface area (Å²) in [5.74, 6) is 0.783. The summed E-state index contributed by atoms with van der Waals surface area (Å²) in [5.41, 5.74) is 6.97. The summed E-state index contributed by atoms with van der Waals surface area (Å²) in [6.07, 6.45) is 2.28. The average molecular weight is 177 g/mol. The standard InChI is InChI=1S/C7H13N3O.Na/c8-7(11)10-4-2-6-1-3-9(10)5-6;/h6H,1-5H2,(H2,8,11);/q;+1/p-1. The van der Waals surface area contributed by atoms with Gasteiger partial charge in [0, 0.05) is 13.1 Å². The fourth-order valence-electron chi connectivity index (χ4n) is 1.94. The fourth-order valence-corrected chi connectivity index (χ4v) is 1.94. The summed E-state index contributed by atoms with van der Waals surface area (Å²) in [7, 11) is 0. The van der Waals surface area contributed by atoms with Crippen molar-refractivity contribution in [3.8, 4) is 0 Å². The smallest absolute Gasteiger partial charge is 0.446 e. The van der Waals surface area contributed by atoms with Crippen LogP contribution in [0.2, 0.25) is 0 Å². The van der Waals surface area contributed by atoms with Gasteiger partial charge in [0.05, 0.1) is 0 Å². The number of amides is 2. The van der Waals surface area contributed by atoms with Gasteiger partial charge in [0.15, 0.2) is 6.03 Å². The van der Waals surface area contributed by atoms with Crippen LogP contribution in [0.1, 0.15) is 12.8 Å². The van der Waals surface area contributed by atoms with Gasteiger partial charge in [-0.3, -0.25) is 9.80 Å². The van der Waals surface area contributed by atoms with Gasteiger partial charge in [-0.15, -0.1) is 0 Å². The molecule has 0 aromatic heterocycles. The summed E-state index contributed by atoms with van der Waals surface area (Å²) in [5, 5.41) is 3.56. The van der Waals surface area contributed by atoms with E-state index in [1.807, 2.05) is 5.01 Å². The molecule has 2 heterocycles. The molecule has 4 nitrogen and oxygen atoms in total. The van der Waals surface area contributed by atoms with Gasteiger partial charge in [0.1, 0.15) is 0 Å². The zero-order valence-electron chi connectivity index (χ0n) is 7.42. The first kappa shape index (κ1) is 10.3. The van der Waals surface area contributed by atoms with Crippen molar-refractivity contribution in [3.05, 3.63) is 5.73 Å². The molecule has 0 saturated carbocycles. The minimum Gasteiger partial charge on any atom is -0.446 e. The van der Waals surface area contributed by atoms with Gasteiger partial charge in [-0.05, 0) is 25.3 Å². The second-order valence-electron chi connectivity index (χ2n) is 3.28. The van der Waals surface area contributed by atoms with Gasteiger partial charge in [0.2, 0.25) is 0 Å². The van der Waals surface area contributed by atoms with Crippen molar-refractivity contribution >= 4 is 6.03 Å².